The van der Waals surface area contributed by atoms with E-state index in [1.54, 1.807) is 0 Å². The molecule has 1 aliphatic rings. The molecule has 3 aromatic rings. The molecule has 0 radical (unpaired) electrons. The van der Waals surface area contributed by atoms with E-state index in [1.807, 2.05) is 30.3 Å². The van der Waals surface area contributed by atoms with E-state index in [9.17, 15) is 13.2 Å². The maximum absolute atomic E-state index is 13.3. The van der Waals surface area contributed by atoms with Gasteiger partial charge in [-0.25, -0.2) is 13.2 Å². The van der Waals surface area contributed by atoms with Crippen LogP contribution in [0.3, 0.4) is 0 Å². The van der Waals surface area contributed by atoms with E-state index < -0.39 is 16.0 Å². The van der Waals surface area contributed by atoms with Crippen molar-refractivity contribution in [1.29, 1.82) is 0 Å². The molecule has 0 N–H and O–H groups in total. The van der Waals surface area contributed by atoms with E-state index in [0.717, 1.165) is 31.2 Å². The molecule has 1 aromatic heterocycles. The molecule has 9 nitrogen and oxygen atoms in total. The van der Waals surface area contributed by atoms with Crippen molar-refractivity contribution in [1.82, 2.24) is 14.5 Å². The quantitative estimate of drug-likeness (QED) is 0.480. The fourth-order valence-corrected chi connectivity index (χ4v) is 5.34. The van der Waals surface area contributed by atoms with E-state index >= 15 is 0 Å². The van der Waals surface area contributed by atoms with Gasteiger partial charge in [0.1, 0.15) is 10.6 Å². The molecule has 0 unspecified atom stereocenters. The Balaban J connectivity index is 1.50. The third kappa shape index (κ3) is 5.23. The van der Waals surface area contributed by atoms with Crippen LogP contribution in [0.4, 0.5) is 0 Å². The van der Waals surface area contributed by atoms with E-state index in [4.69, 9.17) is 13.9 Å². The number of aromatic nitrogens is 2. The summed E-state index contributed by atoms with van der Waals surface area (Å²) < 4.78 is 44.1. The number of carbonyl (C=O) groups is 1. The molecule has 1 aliphatic heterocycles. The Bertz CT molecular complexity index is 1200. The summed E-state index contributed by atoms with van der Waals surface area (Å²) in [5.74, 6) is -0.0744. The fourth-order valence-electron chi connectivity index (χ4n) is 3.65. The van der Waals surface area contributed by atoms with Gasteiger partial charge in [0.25, 0.3) is 5.89 Å². The largest absolute Gasteiger partial charge is 0.495 e. The average molecular weight is 472 g/mol. The summed E-state index contributed by atoms with van der Waals surface area (Å²) in [4.78, 5) is 12.6. The zero-order valence-electron chi connectivity index (χ0n) is 18.3. The number of ether oxygens (including phenoxy) is 2. The van der Waals surface area contributed by atoms with Crippen LogP contribution in [0.2, 0.25) is 0 Å². The van der Waals surface area contributed by atoms with Gasteiger partial charge in [-0.15, -0.1) is 10.2 Å². The molecule has 1 saturated heterocycles. The van der Waals surface area contributed by atoms with Crippen LogP contribution in [0.5, 0.6) is 5.75 Å². The zero-order valence-corrected chi connectivity index (χ0v) is 19.1. The number of hydrogen-bond acceptors (Lipinski definition) is 8. The summed E-state index contributed by atoms with van der Waals surface area (Å²) in [6, 6.07) is 13.4. The number of nitrogens with zero attached hydrogens (tertiary/aromatic N) is 3. The molecule has 2 aromatic carbocycles. The number of sulfonamides is 1. The molecule has 0 atom stereocenters. The molecule has 2 heterocycles. The van der Waals surface area contributed by atoms with Gasteiger partial charge in [0.15, 0.2) is 6.61 Å². The summed E-state index contributed by atoms with van der Waals surface area (Å²) in [6.07, 6.45) is 3.60. The number of carbonyl (C=O) groups excluding carboxylic acids is 1. The number of methoxy groups -OCH3 is 1. The maximum atomic E-state index is 13.3. The molecule has 0 spiro atoms. The van der Waals surface area contributed by atoms with Gasteiger partial charge in [-0.2, -0.15) is 4.31 Å². The first-order chi connectivity index (χ1) is 16.0. The molecule has 0 aliphatic carbocycles. The molecule has 0 saturated carbocycles. The molecular weight excluding hydrogens is 446 g/mol. The summed E-state index contributed by atoms with van der Waals surface area (Å²) >= 11 is 0. The van der Waals surface area contributed by atoms with Gasteiger partial charge in [0.05, 0.1) is 12.7 Å². The van der Waals surface area contributed by atoms with Gasteiger partial charge in [0.2, 0.25) is 15.9 Å². The first-order valence-electron chi connectivity index (χ1n) is 10.7. The number of esters is 1. The molecule has 4 rings (SSSR count). The highest BCUT2D eigenvalue weighted by Gasteiger charge is 2.29. The van der Waals surface area contributed by atoms with E-state index in [0.29, 0.717) is 19.0 Å². The standard InChI is InChI=1S/C23H25N3O6S/c1-30-19-12-11-18(15-20(19)33(28,29)26-13-7-2-3-8-14-26)23(27)31-16-21-24-25-22(32-21)17-9-5-4-6-10-17/h4-6,9-12,15H,2-3,7-8,13-14,16H2,1H3. The highest BCUT2D eigenvalue weighted by Crippen LogP contribution is 2.30. The number of hydrogen-bond donors (Lipinski definition) is 0. The second kappa shape index (κ2) is 10.1. The minimum absolute atomic E-state index is 0.0505. The van der Waals surface area contributed by atoms with Crippen molar-refractivity contribution in [2.45, 2.75) is 37.2 Å². The second-order valence-corrected chi connectivity index (χ2v) is 9.53. The normalized spacial score (nSPS) is 15.1. The van der Waals surface area contributed by atoms with Gasteiger partial charge in [-0.05, 0) is 43.2 Å². The van der Waals surface area contributed by atoms with Gasteiger partial charge in [-0.3, -0.25) is 0 Å². The lowest BCUT2D eigenvalue weighted by atomic mass is 10.2. The Morgan fingerprint density at radius 3 is 2.45 bits per heavy atom. The number of benzene rings is 2. The smallest absolute Gasteiger partial charge is 0.338 e. The van der Waals surface area contributed by atoms with Crippen LogP contribution in [0.25, 0.3) is 11.5 Å². The van der Waals surface area contributed by atoms with Crippen molar-refractivity contribution in [3.8, 4) is 17.2 Å². The molecular formula is C23H25N3O6S. The number of rotatable bonds is 7. The average Bonchev–Trinajstić information content (AvgIpc) is 3.14. The van der Waals surface area contributed by atoms with Crippen LogP contribution in [-0.4, -0.2) is 49.1 Å². The Labute approximate surface area is 192 Å². The molecule has 174 valence electrons. The minimum Gasteiger partial charge on any atom is -0.495 e. The van der Waals surface area contributed by atoms with Crippen molar-refractivity contribution in [3.05, 3.63) is 60.0 Å². The Hall–Kier alpha value is -3.24. The van der Waals surface area contributed by atoms with E-state index in [2.05, 4.69) is 10.2 Å². The lowest BCUT2D eigenvalue weighted by Gasteiger charge is -2.21. The summed E-state index contributed by atoms with van der Waals surface area (Å²) in [5, 5.41) is 7.85. The minimum atomic E-state index is -3.82. The van der Waals surface area contributed by atoms with Crippen molar-refractivity contribution < 1.29 is 27.1 Å². The maximum Gasteiger partial charge on any atom is 0.338 e. The predicted octanol–water partition coefficient (Wildman–Crippen LogP) is 3.67. The monoisotopic (exact) mass is 471 g/mol. The Morgan fingerprint density at radius 2 is 1.76 bits per heavy atom. The highest BCUT2D eigenvalue weighted by atomic mass is 32.2. The SMILES string of the molecule is COc1ccc(C(=O)OCc2nnc(-c3ccccc3)o2)cc1S(=O)(=O)N1CCCCCC1. The fraction of sp³-hybridized carbons (Fsp3) is 0.348. The van der Waals surface area contributed by atoms with Crippen molar-refractivity contribution in [2.75, 3.05) is 20.2 Å². The first-order valence-corrected chi connectivity index (χ1v) is 12.2. The van der Waals surface area contributed by atoms with Gasteiger partial charge in [-0.1, -0.05) is 31.0 Å². The molecule has 0 bridgehead atoms. The second-order valence-electron chi connectivity index (χ2n) is 7.63. The summed E-state index contributed by atoms with van der Waals surface area (Å²) in [6.45, 7) is 0.654. The van der Waals surface area contributed by atoms with Crippen LogP contribution in [0.15, 0.2) is 57.8 Å². The summed E-state index contributed by atoms with van der Waals surface area (Å²) in [5.41, 5.74) is 0.841. The topological polar surface area (TPSA) is 112 Å². The lowest BCUT2D eigenvalue weighted by molar-refractivity contribution is 0.0438. The van der Waals surface area contributed by atoms with Crippen molar-refractivity contribution in [2.24, 2.45) is 0 Å². The Kier molecular flexibility index (Phi) is 7.05. The summed E-state index contributed by atoms with van der Waals surface area (Å²) in [7, 11) is -2.42. The third-order valence-corrected chi connectivity index (χ3v) is 7.32. The van der Waals surface area contributed by atoms with Crippen molar-refractivity contribution >= 4 is 16.0 Å². The molecule has 0 amide bonds. The molecule has 33 heavy (non-hydrogen) atoms. The van der Waals surface area contributed by atoms with Gasteiger partial charge >= 0.3 is 5.97 Å². The van der Waals surface area contributed by atoms with Crippen LogP contribution in [0.1, 0.15) is 41.9 Å². The molecule has 1 fully saturated rings. The highest BCUT2D eigenvalue weighted by molar-refractivity contribution is 7.89. The van der Waals surface area contributed by atoms with Crippen LogP contribution in [-0.2, 0) is 21.4 Å². The first kappa shape index (κ1) is 22.9. The lowest BCUT2D eigenvalue weighted by Crippen LogP contribution is -2.32. The van der Waals surface area contributed by atoms with E-state index in [1.165, 1.54) is 29.6 Å². The predicted molar refractivity (Wildman–Crippen MR) is 119 cm³/mol. The van der Waals surface area contributed by atoms with Crippen LogP contribution >= 0.6 is 0 Å². The van der Waals surface area contributed by atoms with Crippen LogP contribution < -0.4 is 4.74 Å². The van der Waals surface area contributed by atoms with E-state index in [-0.39, 0.29) is 28.7 Å². The zero-order chi connectivity index (χ0) is 23.3. The third-order valence-electron chi connectivity index (χ3n) is 5.40. The van der Waals surface area contributed by atoms with Gasteiger partial charge in [0, 0.05) is 18.7 Å². The van der Waals surface area contributed by atoms with Crippen LogP contribution in [0, 0.1) is 0 Å². The Morgan fingerprint density at radius 1 is 1.03 bits per heavy atom. The van der Waals surface area contributed by atoms with Gasteiger partial charge < -0.3 is 13.9 Å². The molecule has 10 heteroatoms. The van der Waals surface area contributed by atoms with Crippen molar-refractivity contribution in [3.63, 3.8) is 0 Å².